The van der Waals surface area contributed by atoms with E-state index < -0.39 is 5.97 Å². The summed E-state index contributed by atoms with van der Waals surface area (Å²) in [5, 5.41) is 0.632. The molecule has 4 nitrogen and oxygen atoms in total. The van der Waals surface area contributed by atoms with Gasteiger partial charge in [-0.3, -0.25) is 4.98 Å². The van der Waals surface area contributed by atoms with E-state index in [0.29, 0.717) is 5.33 Å². The molecule has 0 aliphatic carbocycles. The second kappa shape index (κ2) is 4.32. The smallest absolute Gasteiger partial charge is 0.358 e. The highest BCUT2D eigenvalue weighted by Gasteiger charge is 2.09. The maximum atomic E-state index is 11.0. The summed E-state index contributed by atoms with van der Waals surface area (Å²) in [7, 11) is 1.32. The summed E-state index contributed by atoms with van der Waals surface area (Å²) in [5.41, 5.74) is 1.80. The van der Waals surface area contributed by atoms with E-state index in [-0.39, 0.29) is 5.69 Å². The van der Waals surface area contributed by atoms with Crippen LogP contribution < -0.4 is 0 Å². The molecule has 5 heteroatoms. The topological polar surface area (TPSA) is 52.1 Å². The van der Waals surface area contributed by atoms with Gasteiger partial charge in [-0.2, -0.15) is 0 Å². The summed E-state index contributed by atoms with van der Waals surface area (Å²) >= 11 is 3.27. The number of halogens is 1. The Balaban J connectivity index is 3.02. The third-order valence-corrected chi connectivity index (χ3v) is 2.10. The van der Waals surface area contributed by atoms with Gasteiger partial charge in [0.15, 0.2) is 5.69 Å². The van der Waals surface area contributed by atoms with Gasteiger partial charge in [-0.25, -0.2) is 9.78 Å². The van der Waals surface area contributed by atoms with Crippen LogP contribution in [-0.4, -0.2) is 23.0 Å². The van der Waals surface area contributed by atoms with Gasteiger partial charge < -0.3 is 4.74 Å². The van der Waals surface area contributed by atoms with Crippen molar-refractivity contribution in [3.63, 3.8) is 0 Å². The molecule has 0 atom stereocenters. The minimum atomic E-state index is -0.461. The van der Waals surface area contributed by atoms with Crippen LogP contribution in [0.1, 0.15) is 21.9 Å². The average molecular weight is 245 g/mol. The molecule has 0 bridgehead atoms. The molecule has 1 heterocycles. The van der Waals surface area contributed by atoms with Crippen molar-refractivity contribution >= 4 is 21.9 Å². The Hall–Kier alpha value is -0.970. The van der Waals surface area contributed by atoms with Crippen molar-refractivity contribution in [2.45, 2.75) is 12.3 Å². The highest BCUT2D eigenvalue weighted by atomic mass is 79.9. The van der Waals surface area contributed by atoms with Crippen molar-refractivity contribution < 1.29 is 9.53 Å². The third kappa shape index (κ3) is 2.24. The number of carbonyl (C=O) groups is 1. The molecule has 0 saturated carbocycles. The Morgan fingerprint density at radius 1 is 1.69 bits per heavy atom. The van der Waals surface area contributed by atoms with Crippen molar-refractivity contribution in [2.75, 3.05) is 7.11 Å². The zero-order valence-corrected chi connectivity index (χ0v) is 8.96. The van der Waals surface area contributed by atoms with Crippen LogP contribution in [0, 0.1) is 6.92 Å². The van der Waals surface area contributed by atoms with Crippen LogP contribution in [0.3, 0.4) is 0 Å². The van der Waals surface area contributed by atoms with Gasteiger partial charge in [0.2, 0.25) is 0 Å². The van der Waals surface area contributed by atoms with E-state index in [1.807, 2.05) is 0 Å². The van der Waals surface area contributed by atoms with Gasteiger partial charge >= 0.3 is 5.97 Å². The van der Waals surface area contributed by atoms with E-state index in [9.17, 15) is 4.79 Å². The lowest BCUT2D eigenvalue weighted by atomic mass is 10.3. The lowest BCUT2D eigenvalue weighted by Gasteiger charge is -2.02. The molecule has 0 N–H and O–H groups in total. The lowest BCUT2D eigenvalue weighted by molar-refractivity contribution is 0.0593. The van der Waals surface area contributed by atoms with Gasteiger partial charge in [0.1, 0.15) is 0 Å². The van der Waals surface area contributed by atoms with Gasteiger partial charge in [0.05, 0.1) is 24.7 Å². The molecular weight excluding hydrogens is 236 g/mol. The summed E-state index contributed by atoms with van der Waals surface area (Å²) in [4.78, 5) is 19.1. The second-order valence-electron chi connectivity index (χ2n) is 2.41. The molecule has 70 valence electrons. The number of esters is 1. The van der Waals surface area contributed by atoms with E-state index >= 15 is 0 Å². The van der Waals surface area contributed by atoms with Crippen LogP contribution >= 0.6 is 15.9 Å². The number of aryl methyl sites for hydroxylation is 1. The molecule has 0 unspecified atom stereocenters. The molecule has 1 rings (SSSR count). The maximum Gasteiger partial charge on any atom is 0.358 e. The summed E-state index contributed by atoms with van der Waals surface area (Å²) in [6, 6.07) is 0. The summed E-state index contributed by atoms with van der Waals surface area (Å²) in [5.74, 6) is -0.461. The Morgan fingerprint density at radius 2 is 2.38 bits per heavy atom. The first-order valence-electron chi connectivity index (χ1n) is 3.66. The van der Waals surface area contributed by atoms with Crippen molar-refractivity contribution in [3.05, 3.63) is 23.3 Å². The zero-order valence-electron chi connectivity index (χ0n) is 7.37. The standard InChI is InChI=1S/C8H9BrN2O2/c1-5-6(3-9)10-4-7(11-5)8(12)13-2/h4H,3H2,1-2H3. The second-order valence-corrected chi connectivity index (χ2v) is 2.97. The van der Waals surface area contributed by atoms with Crippen LogP contribution in [0.5, 0.6) is 0 Å². The highest BCUT2D eigenvalue weighted by molar-refractivity contribution is 9.08. The summed E-state index contributed by atoms with van der Waals surface area (Å²) < 4.78 is 4.51. The number of carbonyl (C=O) groups excluding carboxylic acids is 1. The molecular formula is C8H9BrN2O2. The fraction of sp³-hybridized carbons (Fsp3) is 0.375. The first kappa shape index (κ1) is 10.1. The van der Waals surface area contributed by atoms with Crippen LogP contribution in [0.2, 0.25) is 0 Å². The number of methoxy groups -OCH3 is 1. The quantitative estimate of drug-likeness (QED) is 0.584. The minimum absolute atomic E-state index is 0.240. The van der Waals surface area contributed by atoms with E-state index in [0.717, 1.165) is 11.4 Å². The summed E-state index contributed by atoms with van der Waals surface area (Å²) in [6.45, 7) is 1.80. The molecule has 13 heavy (non-hydrogen) atoms. The van der Waals surface area contributed by atoms with Gasteiger partial charge in [-0.15, -0.1) is 0 Å². The van der Waals surface area contributed by atoms with Gasteiger partial charge in [0.25, 0.3) is 0 Å². The van der Waals surface area contributed by atoms with Crippen LogP contribution in [-0.2, 0) is 10.1 Å². The molecule has 0 aromatic carbocycles. The van der Waals surface area contributed by atoms with Crippen molar-refractivity contribution in [1.82, 2.24) is 9.97 Å². The number of hydrogen-bond donors (Lipinski definition) is 0. The minimum Gasteiger partial charge on any atom is -0.464 e. The van der Waals surface area contributed by atoms with Gasteiger partial charge in [-0.05, 0) is 6.92 Å². The van der Waals surface area contributed by atoms with Crippen LogP contribution in [0.4, 0.5) is 0 Å². The van der Waals surface area contributed by atoms with Crippen molar-refractivity contribution in [1.29, 1.82) is 0 Å². The molecule has 0 saturated heterocycles. The molecule has 0 fully saturated rings. The predicted molar refractivity (Wildman–Crippen MR) is 50.7 cm³/mol. The highest BCUT2D eigenvalue weighted by Crippen LogP contribution is 2.07. The monoisotopic (exact) mass is 244 g/mol. The fourth-order valence-electron chi connectivity index (χ4n) is 0.841. The van der Waals surface area contributed by atoms with Crippen molar-refractivity contribution in [2.24, 2.45) is 0 Å². The van der Waals surface area contributed by atoms with Gasteiger partial charge in [-0.1, -0.05) is 15.9 Å². The Morgan fingerprint density at radius 3 is 2.85 bits per heavy atom. The third-order valence-electron chi connectivity index (χ3n) is 1.57. The van der Waals surface area contributed by atoms with Gasteiger partial charge in [0, 0.05) is 5.33 Å². The predicted octanol–water partition coefficient (Wildman–Crippen LogP) is 1.47. The Bertz CT molecular complexity index is 328. The van der Waals surface area contributed by atoms with E-state index in [4.69, 9.17) is 0 Å². The molecule has 0 amide bonds. The molecule has 1 aromatic heterocycles. The molecule has 1 aromatic rings. The first-order chi connectivity index (χ1) is 6.19. The number of nitrogens with zero attached hydrogens (tertiary/aromatic N) is 2. The Kier molecular flexibility index (Phi) is 3.36. The van der Waals surface area contributed by atoms with Crippen LogP contribution in [0.25, 0.3) is 0 Å². The largest absolute Gasteiger partial charge is 0.464 e. The summed E-state index contributed by atoms with van der Waals surface area (Å²) in [6.07, 6.45) is 1.41. The fourth-order valence-corrected chi connectivity index (χ4v) is 1.39. The number of aromatic nitrogens is 2. The van der Waals surface area contributed by atoms with E-state index in [1.54, 1.807) is 6.92 Å². The zero-order chi connectivity index (χ0) is 9.84. The molecule has 0 radical (unpaired) electrons. The van der Waals surface area contributed by atoms with E-state index in [1.165, 1.54) is 13.3 Å². The lowest BCUT2D eigenvalue weighted by Crippen LogP contribution is -2.07. The maximum absolute atomic E-state index is 11.0. The molecule has 0 spiro atoms. The number of hydrogen-bond acceptors (Lipinski definition) is 4. The molecule has 0 aliphatic heterocycles. The first-order valence-corrected chi connectivity index (χ1v) is 4.78. The normalized spacial score (nSPS) is 9.77. The van der Waals surface area contributed by atoms with Crippen molar-refractivity contribution in [3.8, 4) is 0 Å². The van der Waals surface area contributed by atoms with Crippen LogP contribution in [0.15, 0.2) is 6.20 Å². The number of alkyl halides is 1. The molecule has 0 aliphatic rings. The SMILES string of the molecule is COC(=O)c1cnc(CBr)c(C)n1. The Labute approximate surface area is 84.5 Å². The average Bonchev–Trinajstić information content (AvgIpc) is 2.16. The number of rotatable bonds is 2. The van der Waals surface area contributed by atoms with E-state index in [2.05, 4.69) is 30.6 Å². The number of ether oxygens (including phenoxy) is 1.